The van der Waals surface area contributed by atoms with Crippen molar-refractivity contribution in [3.63, 3.8) is 0 Å². The number of rotatable bonds is 5. The largest absolute Gasteiger partial charge is 0.437 e. The quantitative estimate of drug-likeness (QED) is 0.399. The van der Waals surface area contributed by atoms with Gasteiger partial charge in [0.1, 0.15) is 5.75 Å². The molecule has 7 nitrogen and oxygen atoms in total. The molecule has 3 N–H and O–H groups in total. The predicted octanol–water partition coefficient (Wildman–Crippen LogP) is 5.75. The Balaban J connectivity index is 1.51. The molecule has 1 saturated carbocycles. The molecule has 0 spiro atoms. The lowest BCUT2D eigenvalue weighted by atomic mass is 10.0. The van der Waals surface area contributed by atoms with Crippen molar-refractivity contribution < 1.29 is 9.53 Å². The molecule has 172 valence electrons. The second-order valence-corrected chi connectivity index (χ2v) is 8.97. The van der Waals surface area contributed by atoms with Crippen LogP contribution in [0.2, 0.25) is 0 Å². The summed E-state index contributed by atoms with van der Waals surface area (Å²) in [6, 6.07) is 15.4. The van der Waals surface area contributed by atoms with Gasteiger partial charge in [-0.2, -0.15) is 0 Å². The van der Waals surface area contributed by atoms with Gasteiger partial charge >= 0.3 is 0 Å². The summed E-state index contributed by atoms with van der Waals surface area (Å²) in [7, 11) is 0. The standard InChI is InChI=1S/C27H27N5O2/c1-16-8-10-18(15-16)25(33)31-22-7-3-5-20-19(22)11-9-17(2)24(20)34-26-21(6-4-13-29-26)23-12-14-30-27(28)32-23/h3-7,9,11-14,16,18H,8,10,15H2,1-2H3,(H,31,33)(H2,28,30,32)/t16?,18-/m0/s1. The number of nitrogens with one attached hydrogen (secondary N) is 1. The Morgan fingerprint density at radius 2 is 1.91 bits per heavy atom. The molecular formula is C27H27N5O2. The van der Waals surface area contributed by atoms with Crippen LogP contribution in [0.3, 0.4) is 0 Å². The molecule has 2 aromatic heterocycles. The van der Waals surface area contributed by atoms with E-state index in [0.717, 1.165) is 41.3 Å². The van der Waals surface area contributed by atoms with E-state index in [4.69, 9.17) is 10.5 Å². The first-order valence-electron chi connectivity index (χ1n) is 11.5. The van der Waals surface area contributed by atoms with Gasteiger partial charge in [-0.1, -0.05) is 31.2 Å². The van der Waals surface area contributed by atoms with E-state index < -0.39 is 0 Å². The van der Waals surface area contributed by atoms with Gasteiger partial charge in [0.05, 0.1) is 11.3 Å². The van der Waals surface area contributed by atoms with Crippen molar-refractivity contribution in [2.24, 2.45) is 11.8 Å². The molecule has 34 heavy (non-hydrogen) atoms. The molecule has 1 aliphatic carbocycles. The first-order chi connectivity index (χ1) is 16.5. The average Bonchev–Trinajstić information content (AvgIpc) is 3.28. The highest BCUT2D eigenvalue weighted by molar-refractivity contribution is 6.05. The van der Waals surface area contributed by atoms with Gasteiger partial charge in [-0.25, -0.2) is 15.0 Å². The molecule has 0 aliphatic heterocycles. The fourth-order valence-corrected chi connectivity index (χ4v) is 4.65. The van der Waals surface area contributed by atoms with Crippen LogP contribution in [-0.4, -0.2) is 20.9 Å². The lowest BCUT2D eigenvalue weighted by Crippen LogP contribution is -2.20. The minimum atomic E-state index is 0.0720. The highest BCUT2D eigenvalue weighted by Gasteiger charge is 2.27. The van der Waals surface area contributed by atoms with Crippen molar-refractivity contribution in [3.8, 4) is 22.9 Å². The van der Waals surface area contributed by atoms with E-state index in [1.165, 1.54) is 0 Å². The van der Waals surface area contributed by atoms with Crippen LogP contribution in [0.5, 0.6) is 11.6 Å². The number of aryl methyl sites for hydroxylation is 1. The number of hydrogen-bond acceptors (Lipinski definition) is 6. The number of nitrogens with zero attached hydrogens (tertiary/aromatic N) is 3. The fraction of sp³-hybridized carbons (Fsp3) is 0.259. The van der Waals surface area contributed by atoms with Gasteiger partial charge in [0.2, 0.25) is 17.7 Å². The van der Waals surface area contributed by atoms with E-state index in [1.54, 1.807) is 18.5 Å². The molecule has 0 radical (unpaired) electrons. The number of amides is 1. The third kappa shape index (κ3) is 4.29. The van der Waals surface area contributed by atoms with E-state index in [9.17, 15) is 4.79 Å². The molecule has 1 fully saturated rings. The summed E-state index contributed by atoms with van der Waals surface area (Å²) in [6.07, 6.45) is 6.28. The zero-order chi connectivity index (χ0) is 23.7. The van der Waals surface area contributed by atoms with Gasteiger partial charge in [-0.05, 0) is 61.9 Å². The molecule has 7 heteroatoms. The fourth-order valence-electron chi connectivity index (χ4n) is 4.65. The minimum Gasteiger partial charge on any atom is -0.437 e. The number of fused-ring (bicyclic) bond motifs is 1. The summed E-state index contributed by atoms with van der Waals surface area (Å²) in [6.45, 7) is 4.20. The maximum absolute atomic E-state index is 12.9. The van der Waals surface area contributed by atoms with Crippen molar-refractivity contribution in [3.05, 3.63) is 66.5 Å². The van der Waals surface area contributed by atoms with Crippen molar-refractivity contribution in [2.45, 2.75) is 33.1 Å². The lowest BCUT2D eigenvalue weighted by molar-refractivity contribution is -0.119. The van der Waals surface area contributed by atoms with E-state index in [-0.39, 0.29) is 17.8 Å². The van der Waals surface area contributed by atoms with Crippen molar-refractivity contribution in [1.82, 2.24) is 15.0 Å². The lowest BCUT2D eigenvalue weighted by Gasteiger charge is -2.17. The van der Waals surface area contributed by atoms with Crippen LogP contribution in [0.1, 0.15) is 31.7 Å². The SMILES string of the molecule is Cc1ccc2c(NC(=O)[C@H]3CCC(C)C3)cccc2c1Oc1ncccc1-c1ccnc(N)n1. The molecule has 2 heterocycles. The molecule has 1 amide bonds. The molecule has 0 bridgehead atoms. The third-order valence-corrected chi connectivity index (χ3v) is 6.45. The van der Waals surface area contributed by atoms with Crippen LogP contribution < -0.4 is 15.8 Å². The smallest absolute Gasteiger partial charge is 0.228 e. The second kappa shape index (κ2) is 9.09. The van der Waals surface area contributed by atoms with E-state index >= 15 is 0 Å². The number of pyridine rings is 1. The van der Waals surface area contributed by atoms with E-state index in [1.807, 2.05) is 49.4 Å². The number of benzene rings is 2. The molecule has 0 saturated heterocycles. The molecule has 1 aliphatic rings. The summed E-state index contributed by atoms with van der Waals surface area (Å²) in [4.78, 5) is 25.7. The van der Waals surface area contributed by atoms with Crippen LogP contribution in [-0.2, 0) is 4.79 Å². The van der Waals surface area contributed by atoms with Crippen LogP contribution in [0.4, 0.5) is 11.6 Å². The molecule has 5 rings (SSSR count). The average molecular weight is 454 g/mol. The van der Waals surface area contributed by atoms with E-state index in [2.05, 4.69) is 27.2 Å². The number of hydrogen-bond donors (Lipinski definition) is 2. The van der Waals surface area contributed by atoms with Crippen LogP contribution >= 0.6 is 0 Å². The predicted molar refractivity (Wildman–Crippen MR) is 134 cm³/mol. The van der Waals surface area contributed by atoms with Crippen LogP contribution in [0.15, 0.2) is 60.9 Å². The molecule has 1 unspecified atom stereocenters. The van der Waals surface area contributed by atoms with Gasteiger partial charge < -0.3 is 15.8 Å². The number of aromatic nitrogens is 3. The monoisotopic (exact) mass is 453 g/mol. The van der Waals surface area contributed by atoms with E-state index in [0.29, 0.717) is 28.8 Å². The van der Waals surface area contributed by atoms with Crippen molar-refractivity contribution in [2.75, 3.05) is 11.1 Å². The zero-order valence-corrected chi connectivity index (χ0v) is 19.3. The van der Waals surface area contributed by atoms with Gasteiger partial charge in [0, 0.05) is 34.8 Å². The minimum absolute atomic E-state index is 0.0720. The van der Waals surface area contributed by atoms with Crippen molar-refractivity contribution in [1.29, 1.82) is 0 Å². The topological polar surface area (TPSA) is 103 Å². The van der Waals surface area contributed by atoms with Gasteiger partial charge in [0.25, 0.3) is 0 Å². The molecule has 4 aromatic rings. The molecule has 2 aromatic carbocycles. The summed E-state index contributed by atoms with van der Waals surface area (Å²) < 4.78 is 6.40. The number of nitrogen functional groups attached to an aromatic ring is 1. The Labute approximate surface area is 198 Å². The normalized spacial score (nSPS) is 17.6. The number of carbonyl (C=O) groups is 1. The Morgan fingerprint density at radius 1 is 1.03 bits per heavy atom. The number of carbonyl (C=O) groups excluding carboxylic acids is 1. The van der Waals surface area contributed by atoms with Gasteiger partial charge in [0.15, 0.2) is 0 Å². The Morgan fingerprint density at radius 3 is 2.71 bits per heavy atom. The number of nitrogens with two attached hydrogens (primary N) is 1. The number of anilines is 2. The maximum atomic E-state index is 12.9. The second-order valence-electron chi connectivity index (χ2n) is 8.97. The van der Waals surface area contributed by atoms with Gasteiger partial charge in [-0.3, -0.25) is 4.79 Å². The highest BCUT2D eigenvalue weighted by atomic mass is 16.5. The molecular weight excluding hydrogens is 426 g/mol. The molecule has 2 atom stereocenters. The third-order valence-electron chi connectivity index (χ3n) is 6.45. The summed E-state index contributed by atoms with van der Waals surface area (Å²) in [5.41, 5.74) is 8.88. The zero-order valence-electron chi connectivity index (χ0n) is 19.3. The maximum Gasteiger partial charge on any atom is 0.228 e. The summed E-state index contributed by atoms with van der Waals surface area (Å²) in [5, 5.41) is 4.98. The first kappa shape index (κ1) is 21.8. The summed E-state index contributed by atoms with van der Waals surface area (Å²) in [5.74, 6) is 2.06. The number of ether oxygens (including phenoxy) is 1. The Hall–Kier alpha value is -4.00. The highest BCUT2D eigenvalue weighted by Crippen LogP contribution is 2.39. The van der Waals surface area contributed by atoms with Gasteiger partial charge in [-0.15, -0.1) is 0 Å². The van der Waals surface area contributed by atoms with Crippen LogP contribution in [0.25, 0.3) is 22.0 Å². The first-order valence-corrected chi connectivity index (χ1v) is 11.5. The Kier molecular flexibility index (Phi) is 5.84. The van der Waals surface area contributed by atoms with Crippen LogP contribution in [0, 0.1) is 18.8 Å². The van der Waals surface area contributed by atoms with Crippen molar-refractivity contribution >= 4 is 28.3 Å². The Bertz CT molecular complexity index is 1370. The summed E-state index contributed by atoms with van der Waals surface area (Å²) >= 11 is 0.